The number of carbonyl (C=O) groups excluding carboxylic acids is 16. The van der Waals surface area contributed by atoms with E-state index in [2.05, 4.69) is 47.9 Å². The molecule has 0 saturated carbocycles. The van der Waals surface area contributed by atoms with Gasteiger partial charge in [-0.25, -0.2) is 18.8 Å². The summed E-state index contributed by atoms with van der Waals surface area (Å²) in [6.07, 6.45) is 0.487. The third-order valence-electron chi connectivity index (χ3n) is 23.6. The molecule has 12 atom stereocenters. The number of amides is 9. The number of fused-ring (bicyclic) bond motifs is 1. The Balaban J connectivity index is 0.00000168. The fourth-order valence-electron chi connectivity index (χ4n) is 14.5. The number of alkyl carbamates (subject to hydrolysis) is 2. The molecule has 3 heterocycles. The number of nitrogens with one attached hydrogen (secondary N) is 9. The Hall–Kier alpha value is -10.5. The minimum atomic E-state index is -1.69. The number of aliphatic carboxylic acids is 1. The first kappa shape index (κ1) is 135. The van der Waals surface area contributed by atoms with Gasteiger partial charge in [-0.3, -0.25) is 62.3 Å². The van der Waals surface area contributed by atoms with E-state index in [0.717, 1.165) is 12.0 Å². The van der Waals surface area contributed by atoms with E-state index in [1.165, 1.54) is 26.0 Å². The summed E-state index contributed by atoms with van der Waals surface area (Å²) < 4.78 is 34.4. The predicted octanol–water partition coefficient (Wildman–Crippen LogP) is 17.7. The SMILES string of the molecule is CC(=O)CCC(=O)NC(C(=O)C(C)(C)C)C(C)(C)C.CC(C)(C)C(=O)C(NC(=O)C(C)(O)c1ccccc1)C(C)(C)C.CC(C)(C)C(=O)C(NC(=O)CCC(=O)O)C(C)(C)C.CC(C)(C)C(=O)C(NC(=O)NCc1cccc(F)c1)C(C)(C)C.CC(C)(C)C(=O)C(NC(=O)OC1COC2OCCC12)C(C)(C)C.CC(C)C(NC(=O)C1CCC(=O)N1)C(=O)C(C)(C)C.CCOC(=O)NC(Cc1ccccc1)C(=O)C(C)(C)C. The number of urea groups is 1. The van der Waals surface area contributed by atoms with Gasteiger partial charge in [0.1, 0.15) is 23.7 Å². The highest BCUT2D eigenvalue weighted by Gasteiger charge is 2.49. The van der Waals surface area contributed by atoms with Crippen LogP contribution >= 0.6 is 0 Å². The highest BCUT2D eigenvalue weighted by molar-refractivity contribution is 5.99. The molecule has 0 bridgehead atoms. The van der Waals surface area contributed by atoms with Crippen molar-refractivity contribution >= 4 is 100.0 Å². The Kier molecular flexibility index (Phi) is 52.6. The van der Waals surface area contributed by atoms with Gasteiger partial charge in [0.05, 0.1) is 74.5 Å². The number of carboxylic acid groups (broad SMARTS) is 1. The number of ketones is 8. The molecule has 826 valence electrons. The predicted molar refractivity (Wildman–Crippen MR) is 566 cm³/mol. The molecule has 3 saturated heterocycles. The van der Waals surface area contributed by atoms with Gasteiger partial charge >= 0.3 is 24.2 Å². The normalized spacial score (nSPS) is 17.3. The molecular weight excluding hydrogens is 1870 g/mol. The second-order valence-corrected chi connectivity index (χ2v) is 51.0. The number of hydrogen-bond acceptors (Lipinski definition) is 22. The number of Topliss-reactive ketones (excluding diaryl/α,β-unsaturated/α-hetero) is 8. The molecule has 146 heavy (non-hydrogen) atoms. The van der Waals surface area contributed by atoms with Gasteiger partial charge in [0.2, 0.25) is 23.6 Å². The van der Waals surface area contributed by atoms with Gasteiger partial charge in [0.25, 0.3) is 5.91 Å². The molecule has 0 aromatic heterocycles. The average Bonchev–Trinajstić information content (AvgIpc) is 1.27. The first-order chi connectivity index (χ1) is 65.9. The van der Waals surface area contributed by atoms with Crippen LogP contribution < -0.4 is 47.9 Å². The van der Waals surface area contributed by atoms with E-state index in [4.69, 9.17) is 24.1 Å². The molecule has 3 aromatic carbocycles. The van der Waals surface area contributed by atoms with E-state index >= 15 is 0 Å². The van der Waals surface area contributed by atoms with E-state index in [0.29, 0.717) is 43.6 Å². The smallest absolute Gasteiger partial charge is 0.408 e. The van der Waals surface area contributed by atoms with Crippen LogP contribution in [0, 0.1) is 82.6 Å². The van der Waals surface area contributed by atoms with Crippen LogP contribution in [0.5, 0.6) is 0 Å². The first-order valence-corrected chi connectivity index (χ1v) is 50.6. The number of hydrogen-bond donors (Lipinski definition) is 11. The number of benzene rings is 3. The number of rotatable bonds is 30. The minimum absolute atomic E-state index is 0.00518. The van der Waals surface area contributed by atoms with E-state index in [9.17, 15) is 91.0 Å². The molecule has 0 spiro atoms. The summed E-state index contributed by atoms with van der Waals surface area (Å²) in [6, 6.07) is 19.3. The van der Waals surface area contributed by atoms with Gasteiger partial charge in [-0.05, 0) is 102 Å². The monoisotopic (exact) mass is 2050 g/mol. The van der Waals surface area contributed by atoms with Crippen LogP contribution in [0.3, 0.4) is 0 Å². The van der Waals surface area contributed by atoms with Crippen molar-refractivity contribution in [3.05, 3.63) is 107 Å². The highest BCUT2D eigenvalue weighted by atomic mass is 19.1. The van der Waals surface area contributed by atoms with Gasteiger partial charge in [-0.1, -0.05) is 336 Å². The Morgan fingerprint density at radius 2 is 0.836 bits per heavy atom. The lowest BCUT2D eigenvalue weighted by Gasteiger charge is -2.36. The van der Waals surface area contributed by atoms with Crippen LogP contribution in [0.25, 0.3) is 0 Å². The topological polar surface area (TPSA) is 476 Å². The average molecular weight is 2060 g/mol. The van der Waals surface area contributed by atoms with Crippen molar-refractivity contribution < 1.29 is 115 Å². The zero-order chi connectivity index (χ0) is 114. The van der Waals surface area contributed by atoms with Crippen LogP contribution in [-0.4, -0.2) is 191 Å². The van der Waals surface area contributed by atoms with E-state index in [1.807, 2.05) is 279 Å². The quantitative estimate of drug-likeness (QED) is 0.0295. The summed E-state index contributed by atoms with van der Waals surface area (Å²) in [6.45, 7) is 77.1. The van der Waals surface area contributed by atoms with Gasteiger partial charge in [-0.2, -0.15) is 0 Å². The van der Waals surface area contributed by atoms with Crippen molar-refractivity contribution in [1.29, 1.82) is 0 Å². The molecule has 33 heteroatoms. The van der Waals surface area contributed by atoms with Crippen molar-refractivity contribution in [3.63, 3.8) is 0 Å². The second kappa shape index (κ2) is 56.7. The zero-order valence-corrected chi connectivity index (χ0v) is 95.8. The molecule has 3 aromatic rings. The van der Waals surface area contributed by atoms with Crippen LogP contribution in [0.1, 0.15) is 346 Å². The molecule has 32 nitrogen and oxygen atoms in total. The molecule has 0 radical (unpaired) electrons. The zero-order valence-electron chi connectivity index (χ0n) is 95.8. The maximum atomic E-state index is 13.1. The fraction of sp³-hybridized carbons (Fsp3) is 0.690. The lowest BCUT2D eigenvalue weighted by atomic mass is 9.75. The summed E-state index contributed by atoms with van der Waals surface area (Å²) >= 11 is 0. The molecule has 3 aliphatic rings. The molecule has 12 unspecified atom stereocenters. The summed E-state index contributed by atoms with van der Waals surface area (Å²) in [5, 5.41) is 43.6. The first-order valence-electron chi connectivity index (χ1n) is 50.6. The Morgan fingerprint density at radius 1 is 0.445 bits per heavy atom. The number of carbonyl (C=O) groups is 17. The summed E-state index contributed by atoms with van der Waals surface area (Å²) in [4.78, 5) is 204. The van der Waals surface area contributed by atoms with Crippen molar-refractivity contribution in [2.45, 2.75) is 408 Å². The Labute approximate surface area is 870 Å². The minimum Gasteiger partial charge on any atom is -0.481 e. The van der Waals surface area contributed by atoms with Crippen LogP contribution in [0.4, 0.5) is 18.8 Å². The number of halogens is 1. The van der Waals surface area contributed by atoms with E-state index in [-0.39, 0.29) is 138 Å². The standard InChI is InChI=1S/C19H29NO3.C18H27FN2O2.C17H29NO5.C16H23NO3.C15H27NO3.C14H24N2O3.C14H25NO4/c1-17(2,3)14(15(21)18(4,5)6)20-16(22)19(7,23)13-11-9-8-10-12-13;1-17(2,3)14(15(22)18(4,5)6)21-16(23)20-11-12-8-7-9-13(19)10-12;1-16(2,3)12(13(19)17(4,5)6)18-15(20)23-11-9-22-14-10(11)7-8-21-14;1-5-20-15(19)17-13(14(18)16(2,3)4)11-12-9-7-6-8-10-12;1-10(17)8-9-11(18)16-12(14(2,3)4)13(19)15(5,6)7;1-8(2)11(12(18)14(3,4)5)16-13(19)9-6-7-10(17)15-9;1-13(2,3)11(12(19)14(4,5)6)15-9(16)7-8-10(17)18/h8-12,14,23H,1-7H3,(H,20,22);7-10,14H,11H2,1-6H3,(H2,20,21,23);10-12,14H,7-9H2,1-6H3,(H,18,20);6-10,13H,5,11H2,1-4H3,(H,17,19);12H,8-9H2,1-7H3,(H,16,18);8-9,11H,6-7H2,1-5H3,(H,15,17)(H,16,19);11H,7-8H2,1-6H3,(H,15,16)(H,17,18). The van der Waals surface area contributed by atoms with Crippen LogP contribution in [-0.2, 0) is 105 Å². The largest absolute Gasteiger partial charge is 0.481 e. The summed E-state index contributed by atoms with van der Waals surface area (Å²) in [5.41, 5.74) is -5.28. The molecule has 6 rings (SSSR count). The van der Waals surface area contributed by atoms with Crippen molar-refractivity contribution in [3.8, 4) is 0 Å². The van der Waals surface area contributed by atoms with Gasteiger partial charge in [0, 0.05) is 70.1 Å². The lowest BCUT2D eigenvalue weighted by Crippen LogP contribution is -2.56. The third-order valence-corrected chi connectivity index (χ3v) is 23.6. The molecule has 9 amide bonds. The third kappa shape index (κ3) is 49.5. The van der Waals surface area contributed by atoms with E-state index < -0.39 is 150 Å². The van der Waals surface area contributed by atoms with Crippen LogP contribution in [0.15, 0.2) is 84.9 Å². The summed E-state index contributed by atoms with van der Waals surface area (Å²) in [7, 11) is 0. The molecule has 0 aliphatic carbocycles. The van der Waals surface area contributed by atoms with Crippen molar-refractivity contribution in [1.82, 2.24) is 47.9 Å². The van der Waals surface area contributed by atoms with Gasteiger partial charge in [-0.15, -0.1) is 0 Å². The Bertz CT molecular complexity index is 4760. The maximum absolute atomic E-state index is 13.1. The van der Waals surface area contributed by atoms with Crippen LogP contribution in [0.2, 0.25) is 0 Å². The van der Waals surface area contributed by atoms with E-state index in [1.54, 1.807) is 64.1 Å². The molecule has 11 N–H and O–H groups in total. The summed E-state index contributed by atoms with van der Waals surface area (Å²) in [5.74, 6) is -2.98. The molecular formula is C113H184FN9O23. The fourth-order valence-corrected chi connectivity index (χ4v) is 14.5. The number of ether oxygens (including phenoxy) is 4. The van der Waals surface area contributed by atoms with Crippen molar-refractivity contribution in [2.24, 2.45) is 76.8 Å². The molecule has 3 aliphatic heterocycles. The number of aliphatic hydroxyl groups is 1. The van der Waals surface area contributed by atoms with Gasteiger partial charge in [0.15, 0.2) is 52.4 Å². The maximum Gasteiger partial charge on any atom is 0.408 e. The molecule has 3 fully saturated rings. The van der Waals surface area contributed by atoms with Crippen molar-refractivity contribution in [2.75, 3.05) is 19.8 Å². The highest BCUT2D eigenvalue weighted by Crippen LogP contribution is 2.37. The second-order valence-electron chi connectivity index (χ2n) is 51.0. The lowest BCUT2D eigenvalue weighted by molar-refractivity contribution is -0.144. The Morgan fingerprint density at radius 3 is 1.21 bits per heavy atom. The van der Waals surface area contributed by atoms with Gasteiger partial charge < -0.3 is 81.8 Å². The number of carboxylic acids is 1.